The van der Waals surface area contributed by atoms with Crippen LogP contribution in [0, 0.1) is 17.3 Å². The smallest absolute Gasteiger partial charge is 0.139 e. The molecular weight excluding hydrogens is 184 g/mol. The topological polar surface area (TPSA) is 17.1 Å². The minimum absolute atomic E-state index is 0.102. The molecule has 0 aromatic heterocycles. The largest absolute Gasteiger partial charge is 0.299 e. The van der Waals surface area contributed by atoms with Crippen LogP contribution in [0.2, 0.25) is 0 Å². The van der Waals surface area contributed by atoms with E-state index in [0.29, 0.717) is 17.6 Å². The average Bonchev–Trinajstić information content (AvgIpc) is 2.25. The summed E-state index contributed by atoms with van der Waals surface area (Å²) < 4.78 is 0. The van der Waals surface area contributed by atoms with Crippen LogP contribution in [0.15, 0.2) is 0 Å². The number of rotatable bonds is 1. The van der Waals surface area contributed by atoms with E-state index in [9.17, 15) is 4.79 Å². The fourth-order valence-corrected chi connectivity index (χ4v) is 4.18. The van der Waals surface area contributed by atoms with E-state index in [1.54, 1.807) is 0 Å². The molecule has 1 heteroatoms. The first kappa shape index (κ1) is 11.2. The molecule has 0 amide bonds. The third-order valence-corrected chi connectivity index (χ3v) is 5.05. The van der Waals surface area contributed by atoms with Gasteiger partial charge >= 0.3 is 0 Å². The number of carbonyl (C=O) groups is 1. The lowest BCUT2D eigenvalue weighted by atomic mass is 9.53. The Labute approximate surface area is 93.6 Å². The van der Waals surface area contributed by atoms with Crippen molar-refractivity contribution in [2.24, 2.45) is 17.3 Å². The molecule has 2 aliphatic carbocycles. The molecule has 0 aromatic rings. The molecule has 2 aliphatic rings. The summed E-state index contributed by atoms with van der Waals surface area (Å²) in [5.41, 5.74) is 0.102. The molecule has 86 valence electrons. The first-order valence-corrected chi connectivity index (χ1v) is 6.75. The van der Waals surface area contributed by atoms with E-state index in [2.05, 4.69) is 13.8 Å². The number of ketones is 1. The van der Waals surface area contributed by atoms with Crippen molar-refractivity contribution < 1.29 is 4.79 Å². The summed E-state index contributed by atoms with van der Waals surface area (Å²) in [4.78, 5) is 12.4. The van der Waals surface area contributed by atoms with Crippen molar-refractivity contribution in [3.8, 4) is 0 Å². The van der Waals surface area contributed by atoms with Gasteiger partial charge in [0, 0.05) is 11.8 Å². The van der Waals surface area contributed by atoms with Crippen LogP contribution in [0.5, 0.6) is 0 Å². The van der Waals surface area contributed by atoms with Crippen molar-refractivity contribution in [2.75, 3.05) is 0 Å². The molecule has 1 spiro atoms. The van der Waals surface area contributed by atoms with E-state index in [4.69, 9.17) is 0 Å². The van der Waals surface area contributed by atoms with Gasteiger partial charge in [0.05, 0.1) is 0 Å². The highest BCUT2D eigenvalue weighted by Gasteiger charge is 2.50. The summed E-state index contributed by atoms with van der Waals surface area (Å²) >= 11 is 0. The number of hydrogen-bond donors (Lipinski definition) is 0. The van der Waals surface area contributed by atoms with E-state index < -0.39 is 0 Å². The summed E-state index contributed by atoms with van der Waals surface area (Å²) in [6, 6.07) is 0. The zero-order valence-electron chi connectivity index (χ0n) is 10.2. The van der Waals surface area contributed by atoms with Crippen molar-refractivity contribution in [2.45, 2.75) is 65.2 Å². The first-order valence-electron chi connectivity index (χ1n) is 6.75. The maximum absolute atomic E-state index is 12.4. The van der Waals surface area contributed by atoms with Crippen LogP contribution in [0.25, 0.3) is 0 Å². The Bertz CT molecular complexity index is 246. The third-order valence-electron chi connectivity index (χ3n) is 5.05. The predicted molar refractivity (Wildman–Crippen MR) is 62.7 cm³/mol. The molecule has 0 N–H and O–H groups in total. The molecule has 1 nitrogen and oxygen atoms in total. The average molecular weight is 208 g/mol. The molecule has 0 saturated heterocycles. The van der Waals surface area contributed by atoms with Gasteiger partial charge in [-0.05, 0) is 37.5 Å². The second-order valence-corrected chi connectivity index (χ2v) is 5.61. The fourth-order valence-electron chi connectivity index (χ4n) is 4.18. The monoisotopic (exact) mass is 208 g/mol. The summed E-state index contributed by atoms with van der Waals surface area (Å²) in [5, 5.41) is 0. The minimum atomic E-state index is 0.102. The lowest BCUT2D eigenvalue weighted by molar-refractivity contribution is -0.142. The number of Topliss-reactive ketones (excluding diaryl/α,β-unsaturated/α-hetero) is 1. The van der Waals surface area contributed by atoms with Crippen molar-refractivity contribution in [3.63, 3.8) is 0 Å². The van der Waals surface area contributed by atoms with Crippen molar-refractivity contribution in [1.82, 2.24) is 0 Å². The van der Waals surface area contributed by atoms with Crippen LogP contribution >= 0.6 is 0 Å². The molecule has 0 aliphatic heterocycles. The Morgan fingerprint density at radius 1 is 1.27 bits per heavy atom. The van der Waals surface area contributed by atoms with Gasteiger partial charge in [0.2, 0.25) is 0 Å². The zero-order chi connectivity index (χ0) is 10.9. The van der Waals surface area contributed by atoms with Gasteiger partial charge in [-0.15, -0.1) is 0 Å². The second-order valence-electron chi connectivity index (χ2n) is 5.61. The van der Waals surface area contributed by atoms with E-state index in [0.717, 1.165) is 12.8 Å². The summed E-state index contributed by atoms with van der Waals surface area (Å²) in [6.45, 7) is 4.59. The Balaban J connectivity index is 2.28. The Morgan fingerprint density at radius 2 is 2.07 bits per heavy atom. The van der Waals surface area contributed by atoms with Gasteiger partial charge in [-0.2, -0.15) is 0 Å². The lowest BCUT2D eigenvalue weighted by Gasteiger charge is -2.49. The van der Waals surface area contributed by atoms with Gasteiger partial charge in [-0.1, -0.05) is 33.1 Å². The Hall–Kier alpha value is -0.330. The third kappa shape index (κ3) is 1.64. The number of carbonyl (C=O) groups excluding carboxylic acids is 1. The first-order chi connectivity index (χ1) is 7.21. The zero-order valence-corrected chi connectivity index (χ0v) is 10.2. The van der Waals surface area contributed by atoms with Gasteiger partial charge in [0.15, 0.2) is 0 Å². The maximum Gasteiger partial charge on any atom is 0.139 e. The van der Waals surface area contributed by atoms with Gasteiger partial charge in [-0.3, -0.25) is 4.79 Å². The molecule has 2 rings (SSSR count). The van der Waals surface area contributed by atoms with Gasteiger partial charge in [-0.25, -0.2) is 0 Å². The maximum atomic E-state index is 12.4. The minimum Gasteiger partial charge on any atom is -0.299 e. The van der Waals surface area contributed by atoms with Gasteiger partial charge in [0.25, 0.3) is 0 Å². The summed E-state index contributed by atoms with van der Waals surface area (Å²) in [6.07, 6.45) is 9.60. The van der Waals surface area contributed by atoms with Crippen molar-refractivity contribution >= 4 is 5.78 Å². The van der Waals surface area contributed by atoms with Crippen molar-refractivity contribution in [1.29, 1.82) is 0 Å². The van der Waals surface area contributed by atoms with Crippen LogP contribution in [-0.4, -0.2) is 5.78 Å². The lowest BCUT2D eigenvalue weighted by Crippen LogP contribution is -2.48. The fraction of sp³-hybridized carbons (Fsp3) is 0.929. The highest BCUT2D eigenvalue weighted by atomic mass is 16.1. The van der Waals surface area contributed by atoms with E-state index in [-0.39, 0.29) is 5.41 Å². The molecule has 2 saturated carbocycles. The van der Waals surface area contributed by atoms with Crippen LogP contribution in [-0.2, 0) is 4.79 Å². The quantitative estimate of drug-likeness (QED) is 0.637. The van der Waals surface area contributed by atoms with Crippen LogP contribution in [0.1, 0.15) is 65.2 Å². The van der Waals surface area contributed by atoms with Crippen molar-refractivity contribution in [3.05, 3.63) is 0 Å². The van der Waals surface area contributed by atoms with E-state index in [1.165, 1.54) is 38.5 Å². The molecule has 3 atom stereocenters. The molecule has 0 radical (unpaired) electrons. The molecule has 0 heterocycles. The molecule has 0 bridgehead atoms. The molecular formula is C14H24O. The van der Waals surface area contributed by atoms with E-state index >= 15 is 0 Å². The molecule has 0 aromatic carbocycles. The Morgan fingerprint density at radius 3 is 2.73 bits per heavy atom. The highest BCUT2D eigenvalue weighted by molar-refractivity contribution is 5.86. The SMILES string of the molecule is CCC1CCCC(C)C12CCCCC2=O. The Kier molecular flexibility index (Phi) is 3.18. The summed E-state index contributed by atoms with van der Waals surface area (Å²) in [7, 11) is 0. The van der Waals surface area contributed by atoms with Crippen LogP contribution in [0.3, 0.4) is 0 Å². The van der Waals surface area contributed by atoms with Crippen LogP contribution in [0.4, 0.5) is 0 Å². The number of hydrogen-bond acceptors (Lipinski definition) is 1. The van der Waals surface area contributed by atoms with Gasteiger partial charge in [0.1, 0.15) is 5.78 Å². The summed E-state index contributed by atoms with van der Waals surface area (Å²) in [5.74, 6) is 1.94. The molecule has 15 heavy (non-hydrogen) atoms. The molecule has 2 fully saturated rings. The van der Waals surface area contributed by atoms with Gasteiger partial charge < -0.3 is 0 Å². The van der Waals surface area contributed by atoms with Crippen LogP contribution < -0.4 is 0 Å². The predicted octanol–water partition coefficient (Wildman–Crippen LogP) is 3.96. The highest BCUT2D eigenvalue weighted by Crippen LogP contribution is 2.53. The second kappa shape index (κ2) is 4.27. The van der Waals surface area contributed by atoms with E-state index in [1.807, 2.05) is 0 Å². The molecule has 3 unspecified atom stereocenters. The normalized spacial score (nSPS) is 42.1. The standard InChI is InChI=1S/C14H24O/c1-3-12-8-6-7-11(2)14(12)10-5-4-9-13(14)15/h11-12H,3-10H2,1-2H3.